The number of phenols is 4. The molecule has 0 saturated heterocycles. The molecule has 4 heteroatoms. The molecule has 0 bridgehead atoms. The molecule has 0 aliphatic rings. The highest BCUT2D eigenvalue weighted by molar-refractivity contribution is 5.55. The Morgan fingerprint density at radius 2 is 0.568 bits per heavy atom. The molecule has 0 spiro atoms. The van der Waals surface area contributed by atoms with Gasteiger partial charge in [0.25, 0.3) is 0 Å². The largest absolute Gasteiger partial charge is 0.507 e. The van der Waals surface area contributed by atoms with Gasteiger partial charge in [0, 0.05) is 19.3 Å². The fraction of sp³-hybridized carbons (Fsp3) is 0.273. The highest BCUT2D eigenvalue weighted by Gasteiger charge is 2.17. The lowest BCUT2D eigenvalue weighted by molar-refractivity contribution is 0.453. The van der Waals surface area contributed by atoms with E-state index in [-0.39, 0.29) is 23.0 Å². The van der Waals surface area contributed by atoms with Gasteiger partial charge in [-0.15, -0.1) is 0 Å². The number of phenolic OH excluding ortho intramolecular Hbond substituents is 4. The second-order valence-corrected chi connectivity index (χ2v) is 10.6. The van der Waals surface area contributed by atoms with Gasteiger partial charge in [0.2, 0.25) is 0 Å². The van der Waals surface area contributed by atoms with E-state index in [9.17, 15) is 20.4 Å². The average molecular weight is 497 g/mol. The van der Waals surface area contributed by atoms with Gasteiger partial charge < -0.3 is 20.4 Å². The zero-order valence-corrected chi connectivity index (χ0v) is 22.5. The van der Waals surface area contributed by atoms with Crippen molar-refractivity contribution < 1.29 is 20.4 Å². The van der Waals surface area contributed by atoms with Crippen molar-refractivity contribution in [1.29, 1.82) is 0 Å². The summed E-state index contributed by atoms with van der Waals surface area (Å²) in [6.45, 7) is 11.7. The Hall–Kier alpha value is -3.92. The number of aryl methyl sites for hydroxylation is 6. The second kappa shape index (κ2) is 10.2. The van der Waals surface area contributed by atoms with Crippen molar-refractivity contribution in [2.75, 3.05) is 0 Å². The van der Waals surface area contributed by atoms with E-state index in [1.54, 1.807) is 0 Å². The van der Waals surface area contributed by atoms with Gasteiger partial charge in [-0.1, -0.05) is 70.8 Å². The Morgan fingerprint density at radius 3 is 0.838 bits per heavy atom. The molecule has 0 fully saturated rings. The summed E-state index contributed by atoms with van der Waals surface area (Å²) in [5.41, 5.74) is 10.2. The van der Waals surface area contributed by atoms with E-state index in [0.717, 1.165) is 66.8 Å². The maximum absolute atomic E-state index is 11.2. The summed E-state index contributed by atoms with van der Waals surface area (Å²) in [5.74, 6) is 0.865. The van der Waals surface area contributed by atoms with Gasteiger partial charge in [-0.05, 0) is 86.1 Å². The molecule has 0 aliphatic carbocycles. The molecule has 0 atom stereocenters. The summed E-state index contributed by atoms with van der Waals surface area (Å²) in [5, 5.41) is 43.6. The van der Waals surface area contributed by atoms with E-state index in [1.165, 1.54) is 0 Å². The average Bonchev–Trinajstić information content (AvgIpc) is 2.81. The number of hydrogen-bond donors (Lipinski definition) is 4. The Labute approximate surface area is 219 Å². The number of aromatic hydroxyl groups is 4. The summed E-state index contributed by atoms with van der Waals surface area (Å²) in [6.07, 6.45) is 1.18. The van der Waals surface area contributed by atoms with Crippen molar-refractivity contribution in [2.24, 2.45) is 0 Å². The monoisotopic (exact) mass is 496 g/mol. The quantitative estimate of drug-likeness (QED) is 0.229. The first-order valence-electron chi connectivity index (χ1n) is 12.6. The van der Waals surface area contributed by atoms with Gasteiger partial charge in [0.15, 0.2) is 0 Å². The van der Waals surface area contributed by atoms with E-state index in [2.05, 4.69) is 0 Å². The van der Waals surface area contributed by atoms with Crippen LogP contribution in [-0.4, -0.2) is 20.4 Å². The molecule has 37 heavy (non-hydrogen) atoms. The third kappa shape index (κ3) is 5.59. The topological polar surface area (TPSA) is 80.9 Å². The smallest absolute Gasteiger partial charge is 0.122 e. The van der Waals surface area contributed by atoms with Crippen LogP contribution in [0.15, 0.2) is 48.5 Å². The van der Waals surface area contributed by atoms with Crippen molar-refractivity contribution in [3.05, 3.63) is 115 Å². The predicted octanol–water partition coefficient (Wildman–Crippen LogP) is 7.13. The second-order valence-electron chi connectivity index (χ2n) is 10.6. The van der Waals surface area contributed by atoms with Crippen LogP contribution in [0, 0.1) is 41.5 Å². The van der Waals surface area contributed by atoms with Crippen LogP contribution in [0.5, 0.6) is 23.0 Å². The molecule has 4 rings (SSSR count). The van der Waals surface area contributed by atoms with Gasteiger partial charge in [-0.25, -0.2) is 0 Å². The summed E-state index contributed by atoms with van der Waals surface area (Å²) in [6, 6.07) is 15.6. The van der Waals surface area contributed by atoms with E-state index < -0.39 is 0 Å². The number of rotatable bonds is 6. The molecule has 0 heterocycles. The van der Waals surface area contributed by atoms with Gasteiger partial charge in [0.1, 0.15) is 23.0 Å². The van der Waals surface area contributed by atoms with Crippen molar-refractivity contribution in [2.45, 2.75) is 60.8 Å². The lowest BCUT2D eigenvalue weighted by atomic mass is 9.91. The molecule has 0 unspecified atom stereocenters. The summed E-state index contributed by atoms with van der Waals surface area (Å²) >= 11 is 0. The normalized spacial score (nSPS) is 11.2. The molecule has 0 saturated carbocycles. The molecule has 0 radical (unpaired) electrons. The van der Waals surface area contributed by atoms with E-state index in [4.69, 9.17) is 0 Å². The van der Waals surface area contributed by atoms with Crippen LogP contribution < -0.4 is 0 Å². The lowest BCUT2D eigenvalue weighted by Crippen LogP contribution is -2.00. The number of benzene rings is 4. The summed E-state index contributed by atoms with van der Waals surface area (Å²) in [7, 11) is 0. The summed E-state index contributed by atoms with van der Waals surface area (Å²) in [4.78, 5) is 0. The Morgan fingerprint density at radius 1 is 0.351 bits per heavy atom. The van der Waals surface area contributed by atoms with Crippen molar-refractivity contribution >= 4 is 0 Å². The van der Waals surface area contributed by atoms with Gasteiger partial charge in [0.05, 0.1) is 0 Å². The third-order valence-electron chi connectivity index (χ3n) is 7.01. The van der Waals surface area contributed by atoms with Gasteiger partial charge in [-0.3, -0.25) is 0 Å². The van der Waals surface area contributed by atoms with Crippen molar-refractivity contribution in [3.63, 3.8) is 0 Å². The summed E-state index contributed by atoms with van der Waals surface area (Å²) < 4.78 is 0. The molecule has 0 aromatic heterocycles. The molecule has 0 aliphatic heterocycles. The van der Waals surface area contributed by atoms with Crippen LogP contribution in [0.1, 0.15) is 66.8 Å². The van der Waals surface area contributed by atoms with Crippen molar-refractivity contribution in [3.8, 4) is 23.0 Å². The minimum absolute atomic E-state index is 0.179. The van der Waals surface area contributed by atoms with Crippen LogP contribution in [0.3, 0.4) is 0 Å². The van der Waals surface area contributed by atoms with Gasteiger partial charge in [-0.2, -0.15) is 0 Å². The molecular formula is C33H36O4. The molecular weight excluding hydrogens is 460 g/mol. The van der Waals surface area contributed by atoms with Crippen LogP contribution in [0.4, 0.5) is 0 Å². The van der Waals surface area contributed by atoms with E-state index >= 15 is 0 Å². The lowest BCUT2D eigenvalue weighted by Gasteiger charge is -2.17. The van der Waals surface area contributed by atoms with Crippen molar-refractivity contribution in [1.82, 2.24) is 0 Å². The molecule has 4 aromatic carbocycles. The zero-order valence-electron chi connectivity index (χ0n) is 22.5. The standard InChI is InChI=1S/C33H36O4/c1-18-7-22(5)30(34)24(9-18)15-26-11-20(3)13-28(32(26)36)17-29-14-21(4)12-27(33(29)37)16-25-10-19(2)8-23(6)31(25)35/h7-14,34-37H,15-17H2,1-6H3. The molecule has 192 valence electrons. The van der Waals surface area contributed by atoms with E-state index in [0.29, 0.717) is 19.3 Å². The van der Waals surface area contributed by atoms with Crippen LogP contribution in [0.25, 0.3) is 0 Å². The molecule has 4 aromatic rings. The molecule has 0 amide bonds. The highest BCUT2D eigenvalue weighted by atomic mass is 16.3. The Kier molecular flexibility index (Phi) is 7.22. The predicted molar refractivity (Wildman–Crippen MR) is 149 cm³/mol. The fourth-order valence-corrected chi connectivity index (χ4v) is 5.39. The maximum atomic E-state index is 11.2. The third-order valence-corrected chi connectivity index (χ3v) is 7.01. The Balaban J connectivity index is 1.70. The van der Waals surface area contributed by atoms with E-state index in [1.807, 2.05) is 90.1 Å². The SMILES string of the molecule is Cc1cc(C)c(O)c(Cc2cc(C)cc(Cc3cc(C)cc(Cc4cc(C)cc(C)c4O)c3O)c2O)c1. The minimum Gasteiger partial charge on any atom is -0.507 e. The van der Waals surface area contributed by atoms with Crippen LogP contribution in [-0.2, 0) is 19.3 Å². The molecule has 4 nitrogen and oxygen atoms in total. The maximum Gasteiger partial charge on any atom is 0.122 e. The first-order valence-corrected chi connectivity index (χ1v) is 12.6. The minimum atomic E-state index is 0.179. The fourth-order valence-electron chi connectivity index (χ4n) is 5.39. The zero-order chi connectivity index (χ0) is 27.0. The first-order chi connectivity index (χ1) is 17.4. The Bertz CT molecular complexity index is 1380. The highest BCUT2D eigenvalue weighted by Crippen LogP contribution is 2.36. The van der Waals surface area contributed by atoms with Crippen LogP contribution in [0.2, 0.25) is 0 Å². The van der Waals surface area contributed by atoms with Crippen LogP contribution >= 0.6 is 0 Å². The van der Waals surface area contributed by atoms with Gasteiger partial charge >= 0.3 is 0 Å². The number of hydrogen-bond acceptors (Lipinski definition) is 4. The first kappa shape index (κ1) is 26.2. The molecule has 4 N–H and O–H groups in total.